The fraction of sp³-hybridized carbons (Fsp3) is 0.588. The first-order chi connectivity index (χ1) is 11.1. The molecule has 1 atom stereocenters. The maximum Gasteiger partial charge on any atom is 0.408 e. The smallest absolute Gasteiger partial charge is 0.408 e. The number of rotatable bonds is 5. The van der Waals surface area contributed by atoms with Crippen LogP contribution in [-0.4, -0.2) is 37.0 Å². The van der Waals surface area contributed by atoms with Gasteiger partial charge in [-0.25, -0.2) is 9.78 Å². The van der Waals surface area contributed by atoms with Gasteiger partial charge in [0.2, 0.25) is 0 Å². The van der Waals surface area contributed by atoms with E-state index in [9.17, 15) is 4.79 Å². The van der Waals surface area contributed by atoms with E-state index in [4.69, 9.17) is 4.74 Å². The van der Waals surface area contributed by atoms with Crippen LogP contribution in [0.4, 0.5) is 4.79 Å². The quantitative estimate of drug-likeness (QED) is 0.880. The first-order valence-electron chi connectivity index (χ1n) is 8.08. The zero-order valence-corrected chi connectivity index (χ0v) is 15.3. The average Bonchev–Trinajstić information content (AvgIpc) is 3.04. The molecule has 0 fully saturated rings. The summed E-state index contributed by atoms with van der Waals surface area (Å²) < 4.78 is 7.43. The SMILES string of the molecule is CC(c1cn[nH]c1)n1cncc1CC(C)(C)NC(=O)OC(C)(C)C. The molecule has 2 N–H and O–H groups in total. The Hall–Kier alpha value is -2.31. The number of alkyl carbamates (subject to hydrolysis) is 1. The Balaban J connectivity index is 2.08. The summed E-state index contributed by atoms with van der Waals surface area (Å²) in [5.41, 5.74) is 1.13. The number of carbonyl (C=O) groups excluding carboxylic acids is 1. The summed E-state index contributed by atoms with van der Waals surface area (Å²) in [6, 6.07) is 0.110. The van der Waals surface area contributed by atoms with Gasteiger partial charge in [0.15, 0.2) is 0 Å². The Bertz CT molecular complexity index is 667. The van der Waals surface area contributed by atoms with Crippen LogP contribution >= 0.6 is 0 Å². The molecule has 1 amide bonds. The number of aromatic amines is 1. The van der Waals surface area contributed by atoms with E-state index in [-0.39, 0.29) is 6.04 Å². The molecule has 0 aliphatic heterocycles. The molecule has 0 bridgehead atoms. The molecule has 2 aromatic rings. The van der Waals surface area contributed by atoms with Crippen molar-refractivity contribution in [2.24, 2.45) is 0 Å². The molecular weight excluding hydrogens is 306 g/mol. The first kappa shape index (κ1) is 18.0. The van der Waals surface area contributed by atoms with Gasteiger partial charge >= 0.3 is 6.09 Å². The lowest BCUT2D eigenvalue weighted by molar-refractivity contribution is 0.0471. The second-order valence-corrected chi connectivity index (χ2v) is 7.69. The van der Waals surface area contributed by atoms with E-state index in [1.165, 1.54) is 0 Å². The van der Waals surface area contributed by atoms with E-state index in [0.29, 0.717) is 6.42 Å². The van der Waals surface area contributed by atoms with Crippen molar-refractivity contribution in [2.45, 2.75) is 65.1 Å². The van der Waals surface area contributed by atoms with Gasteiger partial charge in [0.05, 0.1) is 18.6 Å². The Labute approximate surface area is 142 Å². The third-order valence-corrected chi connectivity index (χ3v) is 3.63. The van der Waals surface area contributed by atoms with Gasteiger partial charge < -0.3 is 14.6 Å². The maximum absolute atomic E-state index is 12.0. The highest BCUT2D eigenvalue weighted by atomic mass is 16.6. The highest BCUT2D eigenvalue weighted by molar-refractivity contribution is 5.68. The van der Waals surface area contributed by atoms with Gasteiger partial charge in [0, 0.05) is 35.6 Å². The molecule has 0 aromatic carbocycles. The van der Waals surface area contributed by atoms with Crippen molar-refractivity contribution >= 4 is 6.09 Å². The zero-order valence-electron chi connectivity index (χ0n) is 15.3. The van der Waals surface area contributed by atoms with Crippen molar-refractivity contribution < 1.29 is 9.53 Å². The average molecular weight is 333 g/mol. The van der Waals surface area contributed by atoms with E-state index >= 15 is 0 Å². The standard InChI is InChI=1S/C17H27N5O2/c1-12(13-8-19-20-9-13)22-11-18-10-14(22)7-17(5,6)21-15(23)24-16(2,3)4/h8-12H,7H2,1-6H3,(H,19,20)(H,21,23). The van der Waals surface area contributed by atoms with Gasteiger partial charge in [0.25, 0.3) is 0 Å². The predicted molar refractivity (Wildman–Crippen MR) is 91.8 cm³/mol. The van der Waals surface area contributed by atoms with Crippen LogP contribution in [0.15, 0.2) is 24.9 Å². The Morgan fingerprint density at radius 1 is 1.33 bits per heavy atom. The lowest BCUT2D eigenvalue weighted by Gasteiger charge is -2.29. The number of nitrogens with zero attached hydrogens (tertiary/aromatic N) is 3. The fourth-order valence-electron chi connectivity index (χ4n) is 2.54. The van der Waals surface area contributed by atoms with Crippen LogP contribution in [0.2, 0.25) is 0 Å². The summed E-state index contributed by atoms with van der Waals surface area (Å²) in [6.45, 7) is 11.6. The monoisotopic (exact) mass is 333 g/mol. The van der Waals surface area contributed by atoms with Crippen LogP contribution in [0.3, 0.4) is 0 Å². The number of aromatic nitrogens is 4. The topological polar surface area (TPSA) is 84.8 Å². The van der Waals surface area contributed by atoms with Crippen molar-refractivity contribution in [2.75, 3.05) is 0 Å². The van der Waals surface area contributed by atoms with Crippen LogP contribution in [0, 0.1) is 0 Å². The van der Waals surface area contributed by atoms with Gasteiger partial charge in [-0.1, -0.05) is 0 Å². The molecule has 0 spiro atoms. The minimum absolute atomic E-state index is 0.110. The number of nitrogens with one attached hydrogen (secondary N) is 2. The van der Waals surface area contributed by atoms with Crippen molar-refractivity contribution in [3.63, 3.8) is 0 Å². The molecule has 24 heavy (non-hydrogen) atoms. The summed E-state index contributed by atoms with van der Waals surface area (Å²) in [5.74, 6) is 0. The van der Waals surface area contributed by atoms with Gasteiger partial charge in [-0.2, -0.15) is 5.10 Å². The maximum atomic E-state index is 12.0. The largest absolute Gasteiger partial charge is 0.444 e. The molecule has 1 unspecified atom stereocenters. The van der Waals surface area contributed by atoms with Crippen LogP contribution < -0.4 is 5.32 Å². The first-order valence-corrected chi connectivity index (χ1v) is 8.08. The van der Waals surface area contributed by atoms with E-state index < -0.39 is 17.2 Å². The van der Waals surface area contributed by atoms with Crippen molar-refractivity contribution in [3.05, 3.63) is 36.2 Å². The van der Waals surface area contributed by atoms with Crippen molar-refractivity contribution in [3.8, 4) is 0 Å². The summed E-state index contributed by atoms with van der Waals surface area (Å²) in [7, 11) is 0. The molecule has 7 heteroatoms. The second-order valence-electron chi connectivity index (χ2n) is 7.69. The molecule has 0 aliphatic rings. The third kappa shape index (κ3) is 4.84. The van der Waals surface area contributed by atoms with Crippen LogP contribution in [0.5, 0.6) is 0 Å². The number of ether oxygens (including phenoxy) is 1. The molecule has 2 heterocycles. The summed E-state index contributed by atoms with van der Waals surface area (Å²) in [6.07, 6.45) is 7.53. The Kier molecular flexibility index (Phi) is 5.01. The summed E-state index contributed by atoms with van der Waals surface area (Å²) in [4.78, 5) is 16.3. The van der Waals surface area contributed by atoms with Gasteiger partial charge in [-0.15, -0.1) is 0 Å². The number of hydrogen-bond acceptors (Lipinski definition) is 4. The number of amides is 1. The number of carbonyl (C=O) groups is 1. The molecule has 0 aliphatic carbocycles. The van der Waals surface area contributed by atoms with Gasteiger partial charge in [-0.3, -0.25) is 5.10 Å². The lowest BCUT2D eigenvalue weighted by atomic mass is 9.98. The molecule has 0 radical (unpaired) electrons. The predicted octanol–water partition coefficient (Wildman–Crippen LogP) is 3.06. The highest BCUT2D eigenvalue weighted by Gasteiger charge is 2.26. The molecule has 2 rings (SSSR count). The number of hydrogen-bond donors (Lipinski definition) is 2. The fourth-order valence-corrected chi connectivity index (χ4v) is 2.54. The third-order valence-electron chi connectivity index (χ3n) is 3.63. The Morgan fingerprint density at radius 2 is 2.04 bits per heavy atom. The Morgan fingerprint density at radius 3 is 2.62 bits per heavy atom. The lowest BCUT2D eigenvalue weighted by Crippen LogP contribution is -2.47. The minimum atomic E-state index is -0.516. The molecule has 7 nitrogen and oxygen atoms in total. The van der Waals surface area contributed by atoms with E-state index in [2.05, 4.69) is 32.0 Å². The van der Waals surface area contributed by atoms with Crippen molar-refractivity contribution in [1.29, 1.82) is 0 Å². The summed E-state index contributed by atoms with van der Waals surface area (Å²) >= 11 is 0. The second kappa shape index (κ2) is 6.67. The van der Waals surface area contributed by atoms with E-state index in [1.54, 1.807) is 12.5 Å². The molecule has 0 saturated heterocycles. The molecule has 2 aromatic heterocycles. The molecule has 132 valence electrons. The normalized spacial score (nSPS) is 13.6. The van der Waals surface area contributed by atoms with E-state index in [0.717, 1.165) is 11.3 Å². The zero-order chi connectivity index (χ0) is 18.0. The van der Waals surface area contributed by atoms with E-state index in [1.807, 2.05) is 47.0 Å². The molecular formula is C17H27N5O2. The van der Waals surface area contributed by atoms with Crippen molar-refractivity contribution in [1.82, 2.24) is 25.1 Å². The minimum Gasteiger partial charge on any atom is -0.444 e. The van der Waals surface area contributed by atoms with Crippen LogP contribution in [-0.2, 0) is 11.2 Å². The highest BCUT2D eigenvalue weighted by Crippen LogP contribution is 2.21. The van der Waals surface area contributed by atoms with Crippen LogP contribution in [0.25, 0.3) is 0 Å². The van der Waals surface area contributed by atoms with Gasteiger partial charge in [0.1, 0.15) is 5.60 Å². The number of imidazole rings is 1. The van der Waals surface area contributed by atoms with Gasteiger partial charge in [-0.05, 0) is 41.5 Å². The summed E-state index contributed by atoms with van der Waals surface area (Å²) in [5, 5.41) is 9.76. The van der Waals surface area contributed by atoms with Crippen LogP contribution in [0.1, 0.15) is 58.8 Å². The molecule has 0 saturated carbocycles. The number of H-pyrrole nitrogens is 1.